The number of hydrogen-bond acceptors (Lipinski definition) is 3. The van der Waals surface area contributed by atoms with Crippen LogP contribution in [0.5, 0.6) is 0 Å². The molecule has 0 saturated carbocycles. The van der Waals surface area contributed by atoms with E-state index in [0.717, 1.165) is 25.7 Å². The van der Waals surface area contributed by atoms with Gasteiger partial charge in [-0.2, -0.15) is 0 Å². The fourth-order valence-corrected chi connectivity index (χ4v) is 3.65. The van der Waals surface area contributed by atoms with Gasteiger partial charge in [-0.3, -0.25) is 9.59 Å². The Kier molecular flexibility index (Phi) is 8.51. The van der Waals surface area contributed by atoms with E-state index in [-0.39, 0.29) is 5.97 Å². The first kappa shape index (κ1) is 20.7. The lowest BCUT2D eigenvalue weighted by atomic mass is 9.82. The number of esters is 1. The number of carboxylic acids is 1. The molecule has 0 bridgehead atoms. The summed E-state index contributed by atoms with van der Waals surface area (Å²) in [6.45, 7) is 8.43. The first-order valence-electron chi connectivity index (χ1n) is 9.39. The maximum Gasteiger partial charge on any atom is 0.310 e. The molecular formula is C20H34O4. The van der Waals surface area contributed by atoms with Crippen molar-refractivity contribution in [2.45, 2.75) is 84.7 Å². The highest BCUT2D eigenvalue weighted by Crippen LogP contribution is 2.33. The molecule has 0 aliphatic heterocycles. The lowest BCUT2D eigenvalue weighted by molar-refractivity contribution is -0.171. The van der Waals surface area contributed by atoms with Gasteiger partial charge in [-0.25, -0.2) is 0 Å². The van der Waals surface area contributed by atoms with Gasteiger partial charge < -0.3 is 9.84 Å². The molecule has 1 aliphatic carbocycles. The van der Waals surface area contributed by atoms with Crippen molar-refractivity contribution >= 4 is 11.9 Å². The van der Waals surface area contributed by atoms with Gasteiger partial charge in [0.15, 0.2) is 0 Å². The average Bonchev–Trinajstić information content (AvgIpc) is 2.50. The first-order valence-corrected chi connectivity index (χ1v) is 9.39. The van der Waals surface area contributed by atoms with Gasteiger partial charge in [0.2, 0.25) is 0 Å². The molecule has 0 aromatic rings. The van der Waals surface area contributed by atoms with E-state index in [1.54, 1.807) is 0 Å². The summed E-state index contributed by atoms with van der Waals surface area (Å²) in [5.74, 6) is -2.05. The fourth-order valence-electron chi connectivity index (χ4n) is 3.65. The van der Waals surface area contributed by atoms with Gasteiger partial charge in [0.25, 0.3) is 0 Å². The second-order valence-corrected chi connectivity index (χ2v) is 7.77. The molecule has 0 fully saturated rings. The Morgan fingerprint density at radius 3 is 2.33 bits per heavy atom. The molecule has 0 aromatic carbocycles. The van der Waals surface area contributed by atoms with E-state index in [0.29, 0.717) is 18.8 Å². The maximum atomic E-state index is 12.7. The SMILES string of the molecule is CCCCCCC(C)(CC(C)C)OC(=O)C1CC=CCC1C(=O)O. The van der Waals surface area contributed by atoms with Crippen LogP contribution < -0.4 is 0 Å². The Hall–Kier alpha value is -1.32. The maximum absolute atomic E-state index is 12.7. The topological polar surface area (TPSA) is 63.6 Å². The number of aliphatic carboxylic acids is 1. The van der Waals surface area contributed by atoms with Crippen molar-refractivity contribution in [2.75, 3.05) is 0 Å². The number of carbonyl (C=O) groups is 2. The monoisotopic (exact) mass is 338 g/mol. The van der Waals surface area contributed by atoms with E-state index in [1.165, 1.54) is 12.8 Å². The normalized spacial score (nSPS) is 23.0. The van der Waals surface area contributed by atoms with E-state index in [2.05, 4.69) is 20.8 Å². The summed E-state index contributed by atoms with van der Waals surface area (Å²) < 4.78 is 5.91. The van der Waals surface area contributed by atoms with Crippen LogP contribution in [-0.4, -0.2) is 22.6 Å². The summed E-state index contributed by atoms with van der Waals surface area (Å²) in [5, 5.41) is 9.36. The van der Waals surface area contributed by atoms with Gasteiger partial charge in [-0.1, -0.05) is 52.2 Å². The van der Waals surface area contributed by atoms with Crippen molar-refractivity contribution in [1.82, 2.24) is 0 Å². The van der Waals surface area contributed by atoms with Crippen LogP contribution in [0.2, 0.25) is 0 Å². The van der Waals surface area contributed by atoms with Crippen molar-refractivity contribution < 1.29 is 19.4 Å². The van der Waals surface area contributed by atoms with E-state index in [4.69, 9.17) is 4.74 Å². The molecule has 3 unspecified atom stereocenters. The molecular weight excluding hydrogens is 304 g/mol. The minimum absolute atomic E-state index is 0.342. The molecule has 0 spiro atoms. The van der Waals surface area contributed by atoms with E-state index >= 15 is 0 Å². The Morgan fingerprint density at radius 1 is 1.17 bits per heavy atom. The average molecular weight is 338 g/mol. The molecule has 4 nitrogen and oxygen atoms in total. The van der Waals surface area contributed by atoms with Crippen LogP contribution >= 0.6 is 0 Å². The molecule has 1 N–H and O–H groups in total. The minimum atomic E-state index is -0.908. The molecule has 0 saturated heterocycles. The van der Waals surface area contributed by atoms with Gasteiger partial charge in [0, 0.05) is 0 Å². The second-order valence-electron chi connectivity index (χ2n) is 7.77. The minimum Gasteiger partial charge on any atom is -0.481 e. The van der Waals surface area contributed by atoms with Crippen LogP contribution in [0.4, 0.5) is 0 Å². The van der Waals surface area contributed by atoms with Crippen molar-refractivity contribution in [1.29, 1.82) is 0 Å². The van der Waals surface area contributed by atoms with E-state index in [1.807, 2.05) is 19.1 Å². The lowest BCUT2D eigenvalue weighted by Crippen LogP contribution is -2.39. The van der Waals surface area contributed by atoms with Gasteiger partial charge in [0.1, 0.15) is 5.60 Å². The van der Waals surface area contributed by atoms with Gasteiger partial charge in [-0.05, 0) is 44.9 Å². The molecule has 138 valence electrons. The smallest absolute Gasteiger partial charge is 0.310 e. The number of unbranched alkanes of at least 4 members (excludes halogenated alkanes) is 3. The first-order chi connectivity index (χ1) is 11.3. The van der Waals surface area contributed by atoms with Crippen LogP contribution in [-0.2, 0) is 14.3 Å². The second kappa shape index (κ2) is 9.85. The fraction of sp³-hybridized carbons (Fsp3) is 0.800. The summed E-state index contributed by atoms with van der Waals surface area (Å²) in [4.78, 5) is 24.1. The molecule has 24 heavy (non-hydrogen) atoms. The third-order valence-electron chi connectivity index (χ3n) is 4.80. The molecule has 0 amide bonds. The number of carbonyl (C=O) groups excluding carboxylic acids is 1. The van der Waals surface area contributed by atoms with Crippen LogP contribution in [0, 0.1) is 17.8 Å². The Labute approximate surface area is 146 Å². The highest BCUT2D eigenvalue weighted by atomic mass is 16.6. The standard InChI is InChI=1S/C20H34O4/c1-5-6-7-10-13-20(4,14-15(2)3)24-19(23)17-12-9-8-11-16(17)18(21)22/h8-9,15-17H,5-7,10-14H2,1-4H3,(H,21,22). The zero-order chi connectivity index (χ0) is 18.2. The zero-order valence-electron chi connectivity index (χ0n) is 15.7. The Balaban J connectivity index is 2.74. The van der Waals surface area contributed by atoms with Crippen molar-refractivity contribution in [3.8, 4) is 0 Å². The molecule has 1 aliphatic rings. The third-order valence-corrected chi connectivity index (χ3v) is 4.80. The summed E-state index contributed by atoms with van der Waals surface area (Å²) in [5.41, 5.74) is -0.497. The summed E-state index contributed by atoms with van der Waals surface area (Å²) >= 11 is 0. The zero-order valence-corrected chi connectivity index (χ0v) is 15.7. The largest absolute Gasteiger partial charge is 0.481 e. The van der Waals surface area contributed by atoms with Gasteiger partial charge >= 0.3 is 11.9 Å². The van der Waals surface area contributed by atoms with Crippen molar-refractivity contribution in [3.63, 3.8) is 0 Å². The molecule has 3 atom stereocenters. The summed E-state index contributed by atoms with van der Waals surface area (Å²) in [6.07, 6.45) is 10.8. The molecule has 1 rings (SSSR count). The van der Waals surface area contributed by atoms with Crippen LogP contribution in [0.25, 0.3) is 0 Å². The number of hydrogen-bond donors (Lipinski definition) is 1. The van der Waals surface area contributed by atoms with Crippen LogP contribution in [0.1, 0.15) is 79.1 Å². The Bertz CT molecular complexity index is 441. The molecule has 0 aromatic heterocycles. The lowest BCUT2D eigenvalue weighted by Gasteiger charge is -2.34. The molecule has 4 heteroatoms. The van der Waals surface area contributed by atoms with Gasteiger partial charge in [0.05, 0.1) is 11.8 Å². The van der Waals surface area contributed by atoms with Crippen molar-refractivity contribution in [2.24, 2.45) is 17.8 Å². The van der Waals surface area contributed by atoms with Crippen LogP contribution in [0.15, 0.2) is 12.2 Å². The number of allylic oxidation sites excluding steroid dienone is 2. The van der Waals surface area contributed by atoms with E-state index in [9.17, 15) is 14.7 Å². The third kappa shape index (κ3) is 6.66. The highest BCUT2D eigenvalue weighted by Gasteiger charge is 2.38. The van der Waals surface area contributed by atoms with Crippen molar-refractivity contribution in [3.05, 3.63) is 12.2 Å². The number of ether oxygens (including phenoxy) is 1. The number of rotatable bonds is 10. The van der Waals surface area contributed by atoms with Crippen LogP contribution in [0.3, 0.4) is 0 Å². The van der Waals surface area contributed by atoms with Gasteiger partial charge in [-0.15, -0.1) is 0 Å². The highest BCUT2D eigenvalue weighted by molar-refractivity contribution is 5.82. The summed E-state index contributed by atoms with van der Waals surface area (Å²) in [7, 11) is 0. The predicted molar refractivity (Wildman–Crippen MR) is 95.7 cm³/mol. The molecule has 0 heterocycles. The molecule has 0 radical (unpaired) electrons. The predicted octanol–water partition coefficient (Wildman–Crippen LogP) is 4.97. The number of carboxylic acid groups (broad SMARTS) is 1. The quantitative estimate of drug-likeness (QED) is 0.347. The summed E-state index contributed by atoms with van der Waals surface area (Å²) in [6, 6.07) is 0. The van der Waals surface area contributed by atoms with E-state index < -0.39 is 23.4 Å². The Morgan fingerprint density at radius 2 is 1.79 bits per heavy atom.